The summed E-state index contributed by atoms with van der Waals surface area (Å²) in [5.74, 6) is -2.48. The third kappa shape index (κ3) is 4.22. The standard InChI is InChI=1S/C17H9Cl2FN2O5S/c18-8-1-3-10-13(5-8)28-16(15(10)19)17(24)27-7-14(23)21-11-4-2-9(20)6-12(11)22(25)26/h1-6H,7H2,(H,21,23). The maximum Gasteiger partial charge on any atom is 0.350 e. The lowest BCUT2D eigenvalue weighted by molar-refractivity contribution is -0.384. The van der Waals surface area contributed by atoms with Crippen molar-refractivity contribution in [3.8, 4) is 0 Å². The highest BCUT2D eigenvalue weighted by Crippen LogP contribution is 2.37. The predicted molar refractivity (Wildman–Crippen MR) is 104 cm³/mol. The molecule has 0 spiro atoms. The zero-order valence-electron chi connectivity index (χ0n) is 13.7. The van der Waals surface area contributed by atoms with Crippen molar-refractivity contribution in [2.24, 2.45) is 0 Å². The maximum atomic E-state index is 13.1. The van der Waals surface area contributed by atoms with E-state index >= 15 is 0 Å². The molecule has 2 aromatic carbocycles. The zero-order valence-corrected chi connectivity index (χ0v) is 16.0. The van der Waals surface area contributed by atoms with Crippen LogP contribution in [-0.4, -0.2) is 23.4 Å². The summed E-state index contributed by atoms with van der Waals surface area (Å²) in [5.41, 5.74) is -0.842. The van der Waals surface area contributed by atoms with Crippen LogP contribution in [0.2, 0.25) is 10.0 Å². The van der Waals surface area contributed by atoms with Crippen LogP contribution in [0.3, 0.4) is 0 Å². The van der Waals surface area contributed by atoms with Crippen molar-refractivity contribution in [1.29, 1.82) is 0 Å². The third-order valence-corrected chi connectivity index (χ3v) is 5.41. The van der Waals surface area contributed by atoms with Gasteiger partial charge in [-0.25, -0.2) is 9.18 Å². The number of hydrogen-bond donors (Lipinski definition) is 1. The van der Waals surface area contributed by atoms with Gasteiger partial charge in [-0.3, -0.25) is 14.9 Å². The van der Waals surface area contributed by atoms with Crippen LogP contribution in [0.15, 0.2) is 36.4 Å². The molecule has 3 rings (SSSR count). The molecule has 28 heavy (non-hydrogen) atoms. The molecule has 0 fully saturated rings. The molecule has 11 heteroatoms. The lowest BCUT2D eigenvalue weighted by Gasteiger charge is -2.07. The number of nitro groups is 1. The summed E-state index contributed by atoms with van der Waals surface area (Å²) in [7, 11) is 0. The number of esters is 1. The highest BCUT2D eigenvalue weighted by molar-refractivity contribution is 7.21. The Morgan fingerprint density at radius 1 is 1.21 bits per heavy atom. The minimum absolute atomic E-state index is 0.0968. The van der Waals surface area contributed by atoms with Crippen LogP contribution in [0.4, 0.5) is 15.8 Å². The number of fused-ring (bicyclic) bond motifs is 1. The Balaban J connectivity index is 1.69. The molecule has 0 radical (unpaired) electrons. The molecule has 1 N–H and O–H groups in total. The van der Waals surface area contributed by atoms with E-state index in [9.17, 15) is 24.1 Å². The summed E-state index contributed by atoms with van der Waals surface area (Å²) in [4.78, 5) is 34.4. The van der Waals surface area contributed by atoms with Crippen molar-refractivity contribution in [3.63, 3.8) is 0 Å². The molecule has 0 saturated heterocycles. The number of anilines is 1. The Hall–Kier alpha value is -2.75. The van der Waals surface area contributed by atoms with E-state index < -0.39 is 34.9 Å². The second-order valence-electron chi connectivity index (χ2n) is 5.43. The smallest absolute Gasteiger partial charge is 0.350 e. The van der Waals surface area contributed by atoms with Crippen molar-refractivity contribution in [2.75, 3.05) is 11.9 Å². The first-order valence-electron chi connectivity index (χ1n) is 7.54. The highest BCUT2D eigenvalue weighted by atomic mass is 35.5. The first kappa shape index (κ1) is 20.0. The number of hydrogen-bond acceptors (Lipinski definition) is 6. The predicted octanol–water partition coefficient (Wildman–Crippen LogP) is 5.05. The van der Waals surface area contributed by atoms with Gasteiger partial charge in [0.25, 0.3) is 11.6 Å². The van der Waals surface area contributed by atoms with E-state index in [0.29, 0.717) is 21.2 Å². The van der Waals surface area contributed by atoms with E-state index in [1.165, 1.54) is 0 Å². The van der Waals surface area contributed by atoms with E-state index in [1.54, 1.807) is 18.2 Å². The Bertz CT molecular complexity index is 1120. The van der Waals surface area contributed by atoms with Crippen molar-refractivity contribution in [2.45, 2.75) is 0 Å². The summed E-state index contributed by atoms with van der Waals surface area (Å²) < 4.78 is 18.7. The quantitative estimate of drug-likeness (QED) is 0.338. The summed E-state index contributed by atoms with van der Waals surface area (Å²) in [6.07, 6.45) is 0. The summed E-state index contributed by atoms with van der Waals surface area (Å²) >= 11 is 13.1. The lowest BCUT2D eigenvalue weighted by Crippen LogP contribution is -2.21. The number of benzene rings is 2. The Labute approximate surface area is 170 Å². The van der Waals surface area contributed by atoms with E-state index in [1.807, 2.05) is 0 Å². The molecular weight excluding hydrogens is 434 g/mol. The fraction of sp³-hybridized carbons (Fsp3) is 0.0588. The van der Waals surface area contributed by atoms with E-state index in [4.69, 9.17) is 27.9 Å². The van der Waals surface area contributed by atoms with Gasteiger partial charge in [0.2, 0.25) is 0 Å². The van der Waals surface area contributed by atoms with Gasteiger partial charge in [-0.2, -0.15) is 0 Å². The number of nitro benzene ring substituents is 1. The average molecular weight is 443 g/mol. The minimum atomic E-state index is -0.840. The molecule has 1 aromatic heterocycles. The molecule has 0 aliphatic carbocycles. The number of rotatable bonds is 5. The van der Waals surface area contributed by atoms with Crippen LogP contribution in [0.25, 0.3) is 10.1 Å². The highest BCUT2D eigenvalue weighted by Gasteiger charge is 2.21. The van der Waals surface area contributed by atoms with E-state index in [-0.39, 0.29) is 15.6 Å². The summed E-state index contributed by atoms with van der Waals surface area (Å²) in [5, 5.41) is 14.4. The number of amides is 1. The van der Waals surface area contributed by atoms with Crippen molar-refractivity contribution >= 4 is 67.9 Å². The van der Waals surface area contributed by atoms with Crippen LogP contribution in [-0.2, 0) is 9.53 Å². The SMILES string of the molecule is O=C(COC(=O)c1sc2cc(Cl)ccc2c1Cl)Nc1ccc(F)cc1[N+](=O)[O-]. The van der Waals surface area contributed by atoms with Crippen molar-refractivity contribution in [1.82, 2.24) is 0 Å². The van der Waals surface area contributed by atoms with Crippen LogP contribution in [0.1, 0.15) is 9.67 Å². The lowest BCUT2D eigenvalue weighted by atomic mass is 10.2. The van der Waals surface area contributed by atoms with Gasteiger partial charge in [-0.1, -0.05) is 29.3 Å². The van der Waals surface area contributed by atoms with Crippen LogP contribution in [0, 0.1) is 15.9 Å². The molecule has 7 nitrogen and oxygen atoms in total. The molecular formula is C17H9Cl2FN2O5S. The van der Waals surface area contributed by atoms with E-state index in [2.05, 4.69) is 5.32 Å². The van der Waals surface area contributed by atoms with Gasteiger partial charge < -0.3 is 10.1 Å². The van der Waals surface area contributed by atoms with Crippen LogP contribution < -0.4 is 5.32 Å². The van der Waals surface area contributed by atoms with Gasteiger partial charge in [0, 0.05) is 15.1 Å². The molecule has 0 saturated carbocycles. The van der Waals surface area contributed by atoms with Gasteiger partial charge in [-0.15, -0.1) is 11.3 Å². The zero-order chi connectivity index (χ0) is 20.4. The minimum Gasteiger partial charge on any atom is -0.451 e. The normalized spacial score (nSPS) is 10.7. The van der Waals surface area contributed by atoms with Gasteiger partial charge in [0.15, 0.2) is 6.61 Å². The van der Waals surface area contributed by atoms with Gasteiger partial charge >= 0.3 is 5.97 Å². The molecule has 0 unspecified atom stereocenters. The van der Waals surface area contributed by atoms with Crippen molar-refractivity contribution < 1.29 is 23.6 Å². The van der Waals surface area contributed by atoms with Crippen LogP contribution >= 0.6 is 34.5 Å². The number of carbonyl (C=O) groups excluding carboxylic acids is 2. The second kappa shape index (κ2) is 8.09. The largest absolute Gasteiger partial charge is 0.451 e. The number of nitrogens with zero attached hydrogens (tertiary/aromatic N) is 1. The Morgan fingerprint density at radius 3 is 2.68 bits per heavy atom. The Morgan fingerprint density at radius 2 is 1.96 bits per heavy atom. The van der Waals surface area contributed by atoms with Gasteiger partial charge in [0.05, 0.1) is 16.0 Å². The molecule has 0 aliphatic heterocycles. The first-order valence-corrected chi connectivity index (χ1v) is 9.12. The van der Waals surface area contributed by atoms with Gasteiger partial charge in [0.1, 0.15) is 16.4 Å². The second-order valence-corrected chi connectivity index (χ2v) is 7.30. The molecule has 3 aromatic rings. The average Bonchev–Trinajstić information content (AvgIpc) is 2.97. The number of thiophene rings is 1. The summed E-state index contributed by atoms with van der Waals surface area (Å²) in [6.45, 7) is -0.710. The molecule has 1 heterocycles. The fourth-order valence-electron chi connectivity index (χ4n) is 2.31. The monoisotopic (exact) mass is 442 g/mol. The summed E-state index contributed by atoms with van der Waals surface area (Å²) in [6, 6.07) is 7.60. The fourth-order valence-corrected chi connectivity index (χ4v) is 3.99. The maximum absolute atomic E-state index is 13.1. The molecule has 144 valence electrons. The van der Waals surface area contributed by atoms with Gasteiger partial charge in [-0.05, 0) is 24.3 Å². The molecule has 0 bridgehead atoms. The number of halogens is 3. The Kier molecular flexibility index (Phi) is 5.78. The third-order valence-electron chi connectivity index (χ3n) is 3.54. The number of ether oxygens (including phenoxy) is 1. The first-order chi connectivity index (χ1) is 13.3. The van der Waals surface area contributed by atoms with Crippen molar-refractivity contribution in [3.05, 3.63) is 67.3 Å². The molecule has 1 amide bonds. The molecule has 0 atom stereocenters. The number of carbonyl (C=O) groups is 2. The van der Waals surface area contributed by atoms with Crippen LogP contribution in [0.5, 0.6) is 0 Å². The van der Waals surface area contributed by atoms with E-state index in [0.717, 1.165) is 23.5 Å². The number of nitrogens with one attached hydrogen (secondary N) is 1. The topological polar surface area (TPSA) is 98.5 Å². The molecule has 0 aliphatic rings.